The fourth-order valence-corrected chi connectivity index (χ4v) is 3.81. The zero-order valence-electron chi connectivity index (χ0n) is 21.2. The van der Waals surface area contributed by atoms with Crippen LogP contribution < -0.4 is 4.74 Å². The van der Waals surface area contributed by atoms with Crippen LogP contribution in [-0.4, -0.2) is 81.3 Å². The van der Waals surface area contributed by atoms with Crippen molar-refractivity contribution in [2.75, 3.05) is 26.7 Å². The zero-order valence-corrected chi connectivity index (χ0v) is 21.2. The highest BCUT2D eigenvalue weighted by atomic mass is 19.1. The third-order valence-corrected chi connectivity index (χ3v) is 5.94. The van der Waals surface area contributed by atoms with Crippen LogP contribution in [0.4, 0.5) is 4.39 Å². The van der Waals surface area contributed by atoms with E-state index in [1.165, 1.54) is 29.3 Å². The van der Waals surface area contributed by atoms with Crippen LogP contribution >= 0.6 is 0 Å². The molecule has 0 saturated carbocycles. The average Bonchev–Trinajstić information content (AvgIpc) is 2.83. The minimum atomic E-state index is -1.22. The van der Waals surface area contributed by atoms with Gasteiger partial charge in [0.25, 0.3) is 11.8 Å². The summed E-state index contributed by atoms with van der Waals surface area (Å²) in [4.78, 5) is 33.6. The van der Waals surface area contributed by atoms with E-state index >= 15 is 0 Å². The molecule has 0 spiro atoms. The zero-order chi connectivity index (χ0) is 26.6. The molecule has 8 nitrogen and oxygen atoms in total. The van der Waals surface area contributed by atoms with Crippen molar-refractivity contribution in [3.63, 3.8) is 0 Å². The molecule has 0 saturated heterocycles. The van der Waals surface area contributed by atoms with Crippen molar-refractivity contribution in [2.45, 2.75) is 45.4 Å². The second-order valence-corrected chi connectivity index (χ2v) is 9.67. The summed E-state index contributed by atoms with van der Waals surface area (Å²) in [5.41, 5.74) is -0.685. The summed E-state index contributed by atoms with van der Waals surface area (Å²) in [7, 11) is 1.56. The molecule has 1 aromatic heterocycles. The summed E-state index contributed by atoms with van der Waals surface area (Å²) in [5.74, 6) is 3.86. The Balaban J connectivity index is 1.97. The van der Waals surface area contributed by atoms with Gasteiger partial charge in [0.15, 0.2) is 0 Å². The largest absolute Gasteiger partial charge is 0.472 e. The SMILES string of the molecule is C[C@@H]1CN([C@H](C)CO)C(=O)c2cc(C#CC(C)(C)O)cnc2O[C@@H]1CN(C)C(=O)c1ccccc1F. The van der Waals surface area contributed by atoms with E-state index in [0.29, 0.717) is 5.56 Å². The van der Waals surface area contributed by atoms with Gasteiger partial charge in [0.05, 0.1) is 24.8 Å². The molecule has 0 bridgehead atoms. The Morgan fingerprint density at radius 1 is 1.39 bits per heavy atom. The van der Waals surface area contributed by atoms with Crippen LogP contribution in [0.15, 0.2) is 36.5 Å². The molecule has 0 fully saturated rings. The lowest BCUT2D eigenvalue weighted by Gasteiger charge is -2.37. The molecule has 192 valence electrons. The van der Waals surface area contributed by atoms with E-state index < -0.39 is 29.5 Å². The first-order chi connectivity index (χ1) is 16.9. The number of aliphatic hydroxyl groups excluding tert-OH is 1. The number of aliphatic hydroxyl groups is 2. The highest BCUT2D eigenvalue weighted by Crippen LogP contribution is 2.27. The predicted octanol–water partition coefficient (Wildman–Crippen LogP) is 2.34. The Morgan fingerprint density at radius 2 is 2.08 bits per heavy atom. The predicted molar refractivity (Wildman–Crippen MR) is 132 cm³/mol. The van der Waals surface area contributed by atoms with Gasteiger partial charge in [0.1, 0.15) is 23.1 Å². The molecule has 0 radical (unpaired) electrons. The number of carbonyl (C=O) groups is 2. The van der Waals surface area contributed by atoms with Crippen LogP contribution in [0.5, 0.6) is 5.88 Å². The quantitative estimate of drug-likeness (QED) is 0.615. The van der Waals surface area contributed by atoms with Crippen molar-refractivity contribution >= 4 is 11.8 Å². The molecule has 2 aromatic rings. The Hall–Kier alpha value is -3.48. The van der Waals surface area contributed by atoms with Gasteiger partial charge in [-0.2, -0.15) is 0 Å². The van der Waals surface area contributed by atoms with Gasteiger partial charge in [-0.1, -0.05) is 30.9 Å². The topological polar surface area (TPSA) is 103 Å². The van der Waals surface area contributed by atoms with Gasteiger partial charge in [-0.25, -0.2) is 9.37 Å². The van der Waals surface area contributed by atoms with E-state index in [-0.39, 0.29) is 48.5 Å². The molecule has 2 N–H and O–H groups in total. The number of rotatable bonds is 5. The van der Waals surface area contributed by atoms with Crippen molar-refractivity contribution in [1.29, 1.82) is 0 Å². The number of halogens is 1. The number of amides is 2. The summed E-state index contributed by atoms with van der Waals surface area (Å²) in [5, 5.41) is 19.7. The number of hydrogen-bond donors (Lipinski definition) is 2. The molecule has 2 amide bonds. The van der Waals surface area contributed by atoms with Gasteiger partial charge in [-0.05, 0) is 39.0 Å². The first kappa shape index (κ1) is 27.1. The minimum absolute atomic E-state index is 0.0437. The van der Waals surface area contributed by atoms with Gasteiger partial charge in [0.2, 0.25) is 5.88 Å². The molecule has 3 atom stereocenters. The number of benzene rings is 1. The molecule has 2 heterocycles. The molecule has 1 aromatic carbocycles. The summed E-state index contributed by atoms with van der Waals surface area (Å²) < 4.78 is 20.3. The number of ether oxygens (including phenoxy) is 1. The molecule has 1 aliphatic heterocycles. The van der Waals surface area contributed by atoms with Crippen LogP contribution in [0.1, 0.15) is 54.0 Å². The number of fused-ring (bicyclic) bond motifs is 1. The maximum atomic E-state index is 14.2. The fourth-order valence-electron chi connectivity index (χ4n) is 3.81. The number of hydrogen-bond acceptors (Lipinski definition) is 6. The van der Waals surface area contributed by atoms with Crippen molar-refractivity contribution in [2.24, 2.45) is 5.92 Å². The van der Waals surface area contributed by atoms with E-state index in [1.54, 1.807) is 44.9 Å². The summed E-state index contributed by atoms with van der Waals surface area (Å²) in [6, 6.07) is 6.83. The summed E-state index contributed by atoms with van der Waals surface area (Å²) in [6.45, 7) is 6.84. The first-order valence-corrected chi connectivity index (χ1v) is 11.7. The fraction of sp³-hybridized carbons (Fsp3) is 0.444. The normalized spacial score (nSPS) is 18.7. The molecular formula is C27H32FN3O5. The van der Waals surface area contributed by atoms with Gasteiger partial charge in [-0.15, -0.1) is 0 Å². The number of aromatic nitrogens is 1. The standard InChI is InChI=1S/C27H32FN3O5/c1-17-14-31(18(2)16-32)26(34)21-12-19(10-11-27(3,4)35)13-29-24(21)36-23(17)15-30(5)25(33)20-8-6-7-9-22(20)28/h6-9,12-13,17-18,23,32,35H,14-16H2,1-5H3/t17-,18-,23-/m1/s1. The third-order valence-electron chi connectivity index (χ3n) is 5.94. The molecular weight excluding hydrogens is 465 g/mol. The summed E-state index contributed by atoms with van der Waals surface area (Å²) in [6.07, 6.45) is 0.870. The number of carbonyl (C=O) groups excluding carboxylic acids is 2. The van der Waals surface area contributed by atoms with Crippen LogP contribution in [0, 0.1) is 23.6 Å². The highest BCUT2D eigenvalue weighted by Gasteiger charge is 2.35. The molecule has 36 heavy (non-hydrogen) atoms. The Labute approximate surface area is 210 Å². The number of likely N-dealkylation sites (N-methyl/N-ethyl adjacent to an activating group) is 1. The maximum Gasteiger partial charge on any atom is 0.259 e. The molecule has 0 aliphatic carbocycles. The number of pyridine rings is 1. The van der Waals surface area contributed by atoms with Crippen LogP contribution in [0.25, 0.3) is 0 Å². The van der Waals surface area contributed by atoms with E-state index in [0.717, 1.165) is 0 Å². The van der Waals surface area contributed by atoms with Crippen LogP contribution in [0.2, 0.25) is 0 Å². The molecule has 0 unspecified atom stereocenters. The monoisotopic (exact) mass is 497 g/mol. The van der Waals surface area contributed by atoms with Gasteiger partial charge >= 0.3 is 0 Å². The van der Waals surface area contributed by atoms with E-state index in [2.05, 4.69) is 16.8 Å². The summed E-state index contributed by atoms with van der Waals surface area (Å²) >= 11 is 0. The number of nitrogens with zero attached hydrogens (tertiary/aromatic N) is 3. The van der Waals surface area contributed by atoms with E-state index in [9.17, 15) is 24.2 Å². The molecule has 1 aliphatic rings. The Kier molecular flexibility index (Phi) is 8.33. The van der Waals surface area contributed by atoms with Crippen LogP contribution in [-0.2, 0) is 0 Å². The van der Waals surface area contributed by atoms with Gasteiger partial charge in [-0.3, -0.25) is 9.59 Å². The lowest BCUT2D eigenvalue weighted by molar-refractivity contribution is 0.0312. The Bertz CT molecular complexity index is 1180. The lowest BCUT2D eigenvalue weighted by Crippen LogP contribution is -2.50. The van der Waals surface area contributed by atoms with Crippen molar-refractivity contribution in [1.82, 2.24) is 14.8 Å². The average molecular weight is 498 g/mol. The molecule has 3 rings (SSSR count). The molecule has 9 heteroatoms. The highest BCUT2D eigenvalue weighted by molar-refractivity contribution is 5.97. The second kappa shape index (κ2) is 11.1. The van der Waals surface area contributed by atoms with Crippen LogP contribution in [0.3, 0.4) is 0 Å². The van der Waals surface area contributed by atoms with E-state index in [1.807, 2.05) is 6.92 Å². The lowest BCUT2D eigenvalue weighted by atomic mass is 9.99. The minimum Gasteiger partial charge on any atom is -0.472 e. The van der Waals surface area contributed by atoms with Gasteiger partial charge < -0.3 is 24.7 Å². The van der Waals surface area contributed by atoms with E-state index in [4.69, 9.17) is 4.74 Å². The Morgan fingerprint density at radius 3 is 2.72 bits per heavy atom. The van der Waals surface area contributed by atoms with Crippen molar-refractivity contribution in [3.8, 4) is 17.7 Å². The third kappa shape index (κ3) is 6.39. The second-order valence-electron chi connectivity index (χ2n) is 9.67. The van der Waals surface area contributed by atoms with Gasteiger partial charge in [0, 0.05) is 31.3 Å². The maximum absolute atomic E-state index is 14.2. The smallest absolute Gasteiger partial charge is 0.259 e. The van der Waals surface area contributed by atoms with Crippen molar-refractivity contribution < 1.29 is 28.9 Å². The van der Waals surface area contributed by atoms with Crippen molar-refractivity contribution in [3.05, 3.63) is 59.0 Å². The first-order valence-electron chi connectivity index (χ1n) is 11.7.